The number of carbonyl (C=O) groups excluding carboxylic acids is 1. The van der Waals surface area contributed by atoms with Gasteiger partial charge in [-0.1, -0.05) is 159 Å². The molecule has 0 saturated carbocycles. The summed E-state index contributed by atoms with van der Waals surface area (Å²) < 4.78 is 0. The molecule has 0 aliphatic rings. The molecule has 49 heavy (non-hydrogen) atoms. The van der Waals surface area contributed by atoms with Crippen LogP contribution in [0.2, 0.25) is 0 Å². The number of carbonyl (C=O) groups is 1. The van der Waals surface area contributed by atoms with Gasteiger partial charge in [-0.2, -0.15) is 0 Å². The molecule has 2 amide bonds. The number of rotatable bonds is 7. The van der Waals surface area contributed by atoms with Crippen LogP contribution in [0.3, 0.4) is 0 Å². The van der Waals surface area contributed by atoms with Crippen LogP contribution >= 0.6 is 0 Å². The maximum absolute atomic E-state index is 12.9. The van der Waals surface area contributed by atoms with E-state index in [9.17, 15) is 9.90 Å². The normalized spacial score (nSPS) is 12.4. The molecule has 0 aromatic heterocycles. The molecule has 0 atom stereocenters. The fourth-order valence-electron chi connectivity index (χ4n) is 6.45. The molecule has 0 heterocycles. The van der Waals surface area contributed by atoms with Gasteiger partial charge in [-0.05, 0) is 85.0 Å². The summed E-state index contributed by atoms with van der Waals surface area (Å²) in [5, 5.41) is 15.2. The SMILES string of the molecule is CC(C)(C)c1ccc(C(c2ccc(NC(=O)Nc3ccc(CO)cc3)cc2)(c2ccc(C(C)(C)C)cc2)c2ccc(C(C)(C)C)cc2)cc1. The van der Waals surface area contributed by atoms with Crippen molar-refractivity contribution in [2.45, 2.75) is 90.6 Å². The third kappa shape index (κ3) is 7.81. The number of anilines is 2. The van der Waals surface area contributed by atoms with Gasteiger partial charge in [-0.25, -0.2) is 4.79 Å². The van der Waals surface area contributed by atoms with Crippen molar-refractivity contribution >= 4 is 17.4 Å². The fraction of sp³-hybridized carbons (Fsp3) is 0.311. The summed E-state index contributed by atoms with van der Waals surface area (Å²) in [6, 6.07) is 42.4. The number of nitrogens with one attached hydrogen (secondary N) is 2. The number of aliphatic hydroxyl groups excluding tert-OH is 1. The van der Waals surface area contributed by atoms with Gasteiger partial charge in [0.25, 0.3) is 0 Å². The maximum Gasteiger partial charge on any atom is 0.323 e. The van der Waals surface area contributed by atoms with Crippen molar-refractivity contribution in [1.29, 1.82) is 0 Å². The minimum Gasteiger partial charge on any atom is -0.392 e. The Balaban J connectivity index is 1.65. The van der Waals surface area contributed by atoms with Crippen molar-refractivity contribution in [2.75, 3.05) is 10.6 Å². The molecule has 0 aliphatic heterocycles. The lowest BCUT2D eigenvalue weighted by Crippen LogP contribution is -2.31. The largest absolute Gasteiger partial charge is 0.392 e. The first-order valence-corrected chi connectivity index (χ1v) is 17.2. The Morgan fingerprint density at radius 1 is 0.429 bits per heavy atom. The highest BCUT2D eigenvalue weighted by atomic mass is 16.3. The Morgan fingerprint density at radius 3 is 0.939 bits per heavy atom. The number of benzene rings is 5. The molecule has 0 unspecified atom stereocenters. The highest BCUT2D eigenvalue weighted by Gasteiger charge is 2.39. The van der Waals surface area contributed by atoms with E-state index in [1.807, 2.05) is 12.1 Å². The Labute approximate surface area is 293 Å². The van der Waals surface area contributed by atoms with E-state index in [2.05, 4.69) is 158 Å². The average Bonchev–Trinajstić information content (AvgIpc) is 3.06. The Hall–Kier alpha value is -4.67. The minimum absolute atomic E-state index is 0.0265. The molecule has 0 radical (unpaired) electrons. The number of urea groups is 1. The highest BCUT2D eigenvalue weighted by molar-refractivity contribution is 5.99. The monoisotopic (exact) mass is 652 g/mol. The third-order valence-electron chi connectivity index (χ3n) is 9.52. The zero-order chi connectivity index (χ0) is 35.6. The van der Waals surface area contributed by atoms with Crippen LogP contribution in [0, 0.1) is 0 Å². The summed E-state index contributed by atoms with van der Waals surface area (Å²) in [7, 11) is 0. The number of amides is 2. The smallest absolute Gasteiger partial charge is 0.323 e. The Morgan fingerprint density at radius 2 is 0.673 bits per heavy atom. The summed E-state index contributed by atoms with van der Waals surface area (Å²) in [4.78, 5) is 12.9. The van der Waals surface area contributed by atoms with Crippen LogP contribution in [0.25, 0.3) is 0 Å². The van der Waals surface area contributed by atoms with E-state index in [1.54, 1.807) is 24.3 Å². The second-order valence-corrected chi connectivity index (χ2v) is 16.2. The van der Waals surface area contributed by atoms with Crippen molar-refractivity contribution in [1.82, 2.24) is 0 Å². The van der Waals surface area contributed by atoms with E-state index < -0.39 is 5.41 Å². The molecule has 5 aromatic carbocycles. The second kappa shape index (κ2) is 13.7. The first kappa shape index (κ1) is 35.6. The molecular formula is C45H52N2O2. The quantitative estimate of drug-likeness (QED) is 0.153. The molecule has 5 rings (SSSR count). The molecule has 0 saturated heterocycles. The van der Waals surface area contributed by atoms with Gasteiger partial charge < -0.3 is 15.7 Å². The predicted molar refractivity (Wildman–Crippen MR) is 206 cm³/mol. The van der Waals surface area contributed by atoms with Crippen molar-refractivity contribution in [3.63, 3.8) is 0 Å². The van der Waals surface area contributed by atoms with Crippen LogP contribution in [0.1, 0.15) is 107 Å². The van der Waals surface area contributed by atoms with Gasteiger partial charge in [0.1, 0.15) is 0 Å². The van der Waals surface area contributed by atoms with Crippen molar-refractivity contribution in [3.05, 3.63) is 166 Å². The van der Waals surface area contributed by atoms with E-state index in [1.165, 1.54) is 33.4 Å². The van der Waals surface area contributed by atoms with E-state index in [0.717, 1.165) is 11.1 Å². The van der Waals surface area contributed by atoms with E-state index in [-0.39, 0.29) is 28.9 Å². The van der Waals surface area contributed by atoms with Gasteiger partial charge in [0, 0.05) is 11.4 Å². The lowest BCUT2D eigenvalue weighted by Gasteiger charge is -2.38. The predicted octanol–water partition coefficient (Wildman–Crippen LogP) is 11.1. The van der Waals surface area contributed by atoms with Crippen LogP contribution in [-0.4, -0.2) is 11.1 Å². The first-order chi connectivity index (χ1) is 23.0. The van der Waals surface area contributed by atoms with Crippen LogP contribution in [-0.2, 0) is 28.3 Å². The molecule has 0 spiro atoms. The van der Waals surface area contributed by atoms with Crippen molar-refractivity contribution in [2.24, 2.45) is 0 Å². The maximum atomic E-state index is 12.9. The summed E-state index contributed by atoms with van der Waals surface area (Å²) in [5.74, 6) is 0. The van der Waals surface area contributed by atoms with Crippen molar-refractivity contribution < 1.29 is 9.90 Å². The summed E-state index contributed by atoms with van der Waals surface area (Å²) >= 11 is 0. The Bertz CT molecular complexity index is 1710. The first-order valence-electron chi connectivity index (χ1n) is 17.2. The van der Waals surface area contributed by atoms with Crippen LogP contribution in [0.15, 0.2) is 121 Å². The van der Waals surface area contributed by atoms with E-state index >= 15 is 0 Å². The van der Waals surface area contributed by atoms with Gasteiger partial charge in [0.05, 0.1) is 12.0 Å². The zero-order valence-electron chi connectivity index (χ0n) is 30.6. The molecule has 0 aliphatic carbocycles. The van der Waals surface area contributed by atoms with Gasteiger partial charge in [-0.3, -0.25) is 0 Å². The molecule has 5 aromatic rings. The van der Waals surface area contributed by atoms with Crippen LogP contribution in [0.5, 0.6) is 0 Å². The average molecular weight is 653 g/mol. The summed E-state index contributed by atoms with van der Waals surface area (Å²) in [5.41, 5.74) is 10.1. The van der Waals surface area contributed by atoms with E-state index in [4.69, 9.17) is 0 Å². The molecule has 4 nitrogen and oxygen atoms in total. The molecule has 3 N–H and O–H groups in total. The summed E-state index contributed by atoms with van der Waals surface area (Å²) in [6.07, 6.45) is 0. The van der Waals surface area contributed by atoms with Gasteiger partial charge in [0.15, 0.2) is 0 Å². The Kier molecular flexibility index (Phi) is 9.95. The van der Waals surface area contributed by atoms with Crippen LogP contribution in [0.4, 0.5) is 16.2 Å². The van der Waals surface area contributed by atoms with Crippen molar-refractivity contribution in [3.8, 4) is 0 Å². The highest BCUT2D eigenvalue weighted by Crippen LogP contribution is 2.46. The third-order valence-corrected chi connectivity index (χ3v) is 9.52. The topological polar surface area (TPSA) is 61.4 Å². The molecule has 0 fully saturated rings. The fourth-order valence-corrected chi connectivity index (χ4v) is 6.45. The molecular weight excluding hydrogens is 601 g/mol. The molecule has 0 bridgehead atoms. The van der Waals surface area contributed by atoms with Gasteiger partial charge in [-0.15, -0.1) is 0 Å². The number of hydrogen-bond acceptors (Lipinski definition) is 2. The molecule has 4 heteroatoms. The lowest BCUT2D eigenvalue weighted by atomic mass is 9.64. The molecule has 254 valence electrons. The second-order valence-electron chi connectivity index (χ2n) is 16.2. The van der Waals surface area contributed by atoms with E-state index in [0.29, 0.717) is 11.4 Å². The van der Waals surface area contributed by atoms with Gasteiger partial charge >= 0.3 is 6.03 Å². The summed E-state index contributed by atoms with van der Waals surface area (Å²) in [6.45, 7) is 20.2. The minimum atomic E-state index is -0.627. The lowest BCUT2D eigenvalue weighted by molar-refractivity contribution is 0.262. The standard InChI is InChI=1S/C45H52N2O2/c1-42(2,3)32-12-18-35(19-13-32)45(36-20-14-33(15-21-36)43(4,5)6,37-22-16-34(17-23-37)44(7,8)9)38-24-28-40(29-25-38)47-41(49)46-39-26-10-31(30-48)11-27-39/h10-29,48H,30H2,1-9H3,(H2,46,47,49). The zero-order valence-corrected chi connectivity index (χ0v) is 30.6. The van der Waals surface area contributed by atoms with Gasteiger partial charge in [0.2, 0.25) is 0 Å². The number of hydrogen-bond donors (Lipinski definition) is 3. The van der Waals surface area contributed by atoms with Crippen LogP contribution < -0.4 is 10.6 Å². The number of aliphatic hydroxyl groups is 1.